The number of carbonyl (C=O) groups excluding carboxylic acids is 3. The van der Waals surface area contributed by atoms with Crippen LogP contribution < -0.4 is 5.32 Å². The quantitative estimate of drug-likeness (QED) is 0.820. The van der Waals surface area contributed by atoms with Gasteiger partial charge in [0.25, 0.3) is 0 Å². The molecule has 26 heavy (non-hydrogen) atoms. The van der Waals surface area contributed by atoms with Crippen LogP contribution in [0.1, 0.15) is 19.8 Å². The summed E-state index contributed by atoms with van der Waals surface area (Å²) < 4.78 is 0. The van der Waals surface area contributed by atoms with Crippen LogP contribution in [0.3, 0.4) is 0 Å². The molecule has 0 spiro atoms. The van der Waals surface area contributed by atoms with Gasteiger partial charge in [0.1, 0.15) is 6.04 Å². The summed E-state index contributed by atoms with van der Waals surface area (Å²) in [6.45, 7) is 1.88. The van der Waals surface area contributed by atoms with Crippen molar-refractivity contribution in [2.45, 2.75) is 30.7 Å². The van der Waals surface area contributed by atoms with Crippen molar-refractivity contribution in [3.63, 3.8) is 0 Å². The summed E-state index contributed by atoms with van der Waals surface area (Å²) in [6.07, 6.45) is 1.22. The summed E-state index contributed by atoms with van der Waals surface area (Å²) in [5.41, 5.74) is 0.504. The van der Waals surface area contributed by atoms with E-state index in [2.05, 4.69) is 5.32 Å². The summed E-state index contributed by atoms with van der Waals surface area (Å²) in [4.78, 5) is 39.9. The van der Waals surface area contributed by atoms with Crippen molar-refractivity contribution in [2.75, 3.05) is 24.7 Å². The van der Waals surface area contributed by atoms with Crippen LogP contribution in [0.5, 0.6) is 0 Å². The fraction of sp³-hybridized carbons (Fsp3) is 0.471. The fourth-order valence-electron chi connectivity index (χ4n) is 3.33. The Morgan fingerprint density at radius 2 is 2.12 bits per heavy atom. The lowest BCUT2D eigenvalue weighted by Gasteiger charge is -2.31. The van der Waals surface area contributed by atoms with Gasteiger partial charge in [-0.1, -0.05) is 23.2 Å². The Kier molecular flexibility index (Phi) is 5.42. The number of hydrogen-bond donors (Lipinski definition) is 1. The summed E-state index contributed by atoms with van der Waals surface area (Å²) in [5.74, 6) is -0.00881. The highest BCUT2D eigenvalue weighted by atomic mass is 35.5. The number of benzene rings is 1. The van der Waals surface area contributed by atoms with Gasteiger partial charge in [0.15, 0.2) is 0 Å². The molecule has 9 heteroatoms. The molecular weight excluding hydrogens is 397 g/mol. The lowest BCUT2D eigenvalue weighted by atomic mass is 10.2. The van der Waals surface area contributed by atoms with Gasteiger partial charge < -0.3 is 15.1 Å². The minimum absolute atomic E-state index is 0.00417. The maximum Gasteiger partial charge on any atom is 0.246 e. The Bertz CT molecular complexity index is 776. The fourth-order valence-corrected chi connectivity index (χ4v) is 5.05. The first-order valence-corrected chi connectivity index (χ1v) is 9.91. The molecule has 3 amide bonds. The number of halogens is 2. The van der Waals surface area contributed by atoms with Gasteiger partial charge in [-0.3, -0.25) is 14.4 Å². The molecule has 1 N–H and O–H groups in total. The number of nitrogens with zero attached hydrogens (tertiary/aromatic N) is 2. The number of nitrogens with one attached hydrogen (secondary N) is 1. The van der Waals surface area contributed by atoms with Crippen LogP contribution in [0.15, 0.2) is 18.2 Å². The Hall–Kier alpha value is -1.44. The molecule has 2 atom stereocenters. The third-order valence-electron chi connectivity index (χ3n) is 4.69. The summed E-state index contributed by atoms with van der Waals surface area (Å²) in [5, 5.41) is 3.42. The topological polar surface area (TPSA) is 69.7 Å². The SMILES string of the molecule is CN(CC(=O)Nc1ccc(Cl)c(Cl)c1)C(=O)C1CSC2(C)CCC(=O)N12. The zero-order valence-electron chi connectivity index (χ0n) is 14.4. The molecule has 2 unspecified atom stereocenters. The first kappa shape index (κ1) is 19.3. The number of amides is 3. The van der Waals surface area contributed by atoms with E-state index in [-0.39, 0.29) is 29.1 Å². The van der Waals surface area contributed by atoms with Gasteiger partial charge in [-0.15, -0.1) is 11.8 Å². The average Bonchev–Trinajstić information content (AvgIpc) is 3.06. The van der Waals surface area contributed by atoms with Crippen molar-refractivity contribution in [2.24, 2.45) is 0 Å². The highest BCUT2D eigenvalue weighted by Crippen LogP contribution is 2.47. The Morgan fingerprint density at radius 3 is 2.81 bits per heavy atom. The van der Waals surface area contributed by atoms with Crippen LogP contribution in [0, 0.1) is 0 Å². The highest BCUT2D eigenvalue weighted by Gasteiger charge is 2.53. The second-order valence-electron chi connectivity index (χ2n) is 6.64. The van der Waals surface area contributed by atoms with Gasteiger partial charge in [-0.2, -0.15) is 0 Å². The van der Waals surface area contributed by atoms with E-state index >= 15 is 0 Å². The normalized spacial score (nSPS) is 24.5. The molecule has 2 saturated heterocycles. The van der Waals surface area contributed by atoms with Crippen LogP contribution >= 0.6 is 35.0 Å². The van der Waals surface area contributed by atoms with Crippen molar-refractivity contribution in [1.82, 2.24) is 9.80 Å². The summed E-state index contributed by atoms with van der Waals surface area (Å²) in [6, 6.07) is 4.26. The third-order valence-corrected chi connectivity index (χ3v) is 6.93. The molecule has 2 fully saturated rings. The Morgan fingerprint density at radius 1 is 1.38 bits per heavy atom. The van der Waals surface area contributed by atoms with Gasteiger partial charge >= 0.3 is 0 Å². The smallest absolute Gasteiger partial charge is 0.246 e. The zero-order chi connectivity index (χ0) is 19.1. The molecule has 2 heterocycles. The van der Waals surface area contributed by atoms with E-state index in [1.165, 1.54) is 4.90 Å². The van der Waals surface area contributed by atoms with Crippen LogP contribution in [0.25, 0.3) is 0 Å². The maximum absolute atomic E-state index is 12.8. The van der Waals surface area contributed by atoms with Gasteiger partial charge in [0, 0.05) is 24.9 Å². The monoisotopic (exact) mass is 415 g/mol. The third kappa shape index (κ3) is 3.66. The Labute approximate surface area is 166 Å². The summed E-state index contributed by atoms with van der Waals surface area (Å²) >= 11 is 13.4. The Balaban J connectivity index is 1.61. The molecule has 0 radical (unpaired) electrons. The van der Waals surface area contributed by atoms with Crippen LogP contribution in [0.4, 0.5) is 5.69 Å². The van der Waals surface area contributed by atoms with Crippen molar-refractivity contribution in [3.8, 4) is 0 Å². The summed E-state index contributed by atoms with van der Waals surface area (Å²) in [7, 11) is 1.57. The lowest BCUT2D eigenvalue weighted by molar-refractivity contribution is -0.143. The number of hydrogen-bond acceptors (Lipinski definition) is 4. The van der Waals surface area contributed by atoms with E-state index in [9.17, 15) is 14.4 Å². The number of rotatable bonds is 4. The largest absolute Gasteiger partial charge is 0.335 e. The highest BCUT2D eigenvalue weighted by molar-refractivity contribution is 8.01. The van der Waals surface area contributed by atoms with E-state index in [1.54, 1.807) is 41.9 Å². The first-order valence-electron chi connectivity index (χ1n) is 8.17. The molecule has 0 bridgehead atoms. The second-order valence-corrected chi connectivity index (χ2v) is 8.95. The molecule has 0 aliphatic carbocycles. The minimum atomic E-state index is -0.511. The van der Waals surface area contributed by atoms with E-state index in [1.807, 2.05) is 6.92 Å². The molecule has 3 rings (SSSR count). The maximum atomic E-state index is 12.8. The van der Waals surface area contributed by atoms with E-state index in [4.69, 9.17) is 23.2 Å². The molecule has 2 aliphatic heterocycles. The number of anilines is 1. The molecule has 1 aromatic rings. The van der Waals surface area contributed by atoms with Gasteiger partial charge in [0.2, 0.25) is 17.7 Å². The van der Waals surface area contributed by atoms with Gasteiger partial charge in [-0.25, -0.2) is 0 Å². The lowest BCUT2D eigenvalue weighted by Crippen LogP contribution is -2.51. The standard InChI is InChI=1S/C17H19Cl2N3O3S/c1-17-6-5-15(24)22(17)13(9-26-17)16(25)21(2)8-14(23)20-10-3-4-11(18)12(19)7-10/h3-4,7,13H,5-6,8-9H2,1-2H3,(H,20,23). The van der Waals surface area contributed by atoms with Crippen LogP contribution in [-0.4, -0.2) is 57.8 Å². The van der Waals surface area contributed by atoms with E-state index in [0.717, 1.165) is 6.42 Å². The zero-order valence-corrected chi connectivity index (χ0v) is 16.7. The predicted molar refractivity (Wildman–Crippen MR) is 103 cm³/mol. The van der Waals surface area contributed by atoms with Gasteiger partial charge in [-0.05, 0) is 31.5 Å². The van der Waals surface area contributed by atoms with Crippen molar-refractivity contribution in [1.29, 1.82) is 0 Å². The van der Waals surface area contributed by atoms with E-state index < -0.39 is 6.04 Å². The molecule has 0 aromatic heterocycles. The number of fused-ring (bicyclic) bond motifs is 1. The van der Waals surface area contributed by atoms with Crippen LogP contribution in [0.2, 0.25) is 10.0 Å². The van der Waals surface area contributed by atoms with Crippen molar-refractivity contribution >= 4 is 58.4 Å². The number of thioether (sulfide) groups is 1. The molecule has 0 saturated carbocycles. The predicted octanol–water partition coefficient (Wildman–Crippen LogP) is 2.84. The van der Waals surface area contributed by atoms with E-state index in [0.29, 0.717) is 27.9 Å². The number of carbonyl (C=O) groups is 3. The average molecular weight is 416 g/mol. The molecule has 140 valence electrons. The number of likely N-dealkylation sites (N-methyl/N-ethyl adjacent to an activating group) is 1. The van der Waals surface area contributed by atoms with Crippen molar-refractivity contribution < 1.29 is 14.4 Å². The molecular formula is C17H19Cl2N3O3S. The molecule has 1 aromatic carbocycles. The first-order chi connectivity index (χ1) is 12.2. The van der Waals surface area contributed by atoms with Crippen LogP contribution in [-0.2, 0) is 14.4 Å². The molecule has 2 aliphatic rings. The van der Waals surface area contributed by atoms with Crippen molar-refractivity contribution in [3.05, 3.63) is 28.2 Å². The second kappa shape index (κ2) is 7.29. The minimum Gasteiger partial charge on any atom is -0.335 e. The molecule has 6 nitrogen and oxygen atoms in total. The van der Waals surface area contributed by atoms with Gasteiger partial charge in [0.05, 0.1) is 21.5 Å².